The first-order valence-electron chi connectivity index (χ1n) is 8.71. The highest BCUT2D eigenvalue weighted by Gasteiger charge is 2.20. The number of aryl methyl sites for hydroxylation is 1. The summed E-state index contributed by atoms with van der Waals surface area (Å²) in [6, 6.07) is 7.93. The second kappa shape index (κ2) is 7.91. The van der Waals surface area contributed by atoms with Gasteiger partial charge in [0.1, 0.15) is 0 Å². The summed E-state index contributed by atoms with van der Waals surface area (Å²) in [5, 5.41) is 3.03. The second-order valence-corrected chi connectivity index (χ2v) is 7.74. The SMILES string of the molecule is COc1ccc(CCNC(=O)c2cc3c(s2)CC[C@@H](C)C3)cc1OC. The second-order valence-electron chi connectivity index (χ2n) is 6.60. The maximum absolute atomic E-state index is 12.4. The predicted octanol–water partition coefficient (Wildman–Crippen LogP) is 3.86. The number of rotatable bonds is 6. The van der Waals surface area contributed by atoms with Crippen LogP contribution in [0.25, 0.3) is 0 Å². The Kier molecular flexibility index (Phi) is 5.63. The maximum atomic E-state index is 12.4. The number of methoxy groups -OCH3 is 2. The molecule has 1 atom stereocenters. The van der Waals surface area contributed by atoms with Crippen molar-refractivity contribution < 1.29 is 14.3 Å². The van der Waals surface area contributed by atoms with Gasteiger partial charge in [-0.2, -0.15) is 0 Å². The number of carbonyl (C=O) groups excluding carboxylic acids is 1. The van der Waals surface area contributed by atoms with Gasteiger partial charge in [0, 0.05) is 11.4 Å². The van der Waals surface area contributed by atoms with Crippen LogP contribution in [0.2, 0.25) is 0 Å². The van der Waals surface area contributed by atoms with E-state index in [1.165, 1.54) is 16.9 Å². The van der Waals surface area contributed by atoms with Crippen LogP contribution < -0.4 is 14.8 Å². The van der Waals surface area contributed by atoms with Gasteiger partial charge < -0.3 is 14.8 Å². The van der Waals surface area contributed by atoms with Gasteiger partial charge in [-0.1, -0.05) is 13.0 Å². The van der Waals surface area contributed by atoms with Gasteiger partial charge in [-0.3, -0.25) is 4.79 Å². The van der Waals surface area contributed by atoms with Gasteiger partial charge in [0.05, 0.1) is 19.1 Å². The quantitative estimate of drug-likeness (QED) is 0.852. The van der Waals surface area contributed by atoms with Crippen LogP contribution in [0.3, 0.4) is 0 Å². The Morgan fingerprint density at radius 2 is 2.04 bits per heavy atom. The van der Waals surface area contributed by atoms with Crippen LogP contribution in [0, 0.1) is 5.92 Å². The molecule has 0 saturated heterocycles. The van der Waals surface area contributed by atoms with Crippen LogP contribution in [0.1, 0.15) is 39.0 Å². The van der Waals surface area contributed by atoms with Crippen molar-refractivity contribution in [3.8, 4) is 11.5 Å². The van der Waals surface area contributed by atoms with Crippen LogP contribution in [0.5, 0.6) is 11.5 Å². The number of ether oxygens (including phenoxy) is 2. The fourth-order valence-electron chi connectivity index (χ4n) is 3.26. The van der Waals surface area contributed by atoms with E-state index in [2.05, 4.69) is 18.3 Å². The molecule has 1 heterocycles. The maximum Gasteiger partial charge on any atom is 0.261 e. The molecule has 0 fully saturated rings. The van der Waals surface area contributed by atoms with Crippen molar-refractivity contribution in [1.29, 1.82) is 0 Å². The van der Waals surface area contributed by atoms with Crippen molar-refractivity contribution in [2.45, 2.75) is 32.6 Å². The molecule has 1 aromatic carbocycles. The summed E-state index contributed by atoms with van der Waals surface area (Å²) in [7, 11) is 3.25. The number of benzene rings is 1. The summed E-state index contributed by atoms with van der Waals surface area (Å²) in [6.45, 7) is 2.89. The number of carbonyl (C=O) groups is 1. The van der Waals surface area contributed by atoms with Gasteiger partial charge in [0.2, 0.25) is 0 Å². The van der Waals surface area contributed by atoms with E-state index < -0.39 is 0 Å². The third kappa shape index (κ3) is 4.15. The van der Waals surface area contributed by atoms with Crippen molar-refractivity contribution >= 4 is 17.2 Å². The van der Waals surface area contributed by atoms with Gasteiger partial charge >= 0.3 is 0 Å². The monoisotopic (exact) mass is 359 g/mol. The molecule has 2 aromatic rings. The minimum absolute atomic E-state index is 0.0347. The number of hydrogen-bond acceptors (Lipinski definition) is 4. The number of nitrogens with one attached hydrogen (secondary N) is 1. The van der Waals surface area contributed by atoms with Crippen molar-refractivity contribution in [3.05, 3.63) is 45.1 Å². The smallest absolute Gasteiger partial charge is 0.261 e. The Morgan fingerprint density at radius 1 is 1.24 bits per heavy atom. The zero-order valence-electron chi connectivity index (χ0n) is 15.1. The van der Waals surface area contributed by atoms with Gasteiger partial charge in [0.15, 0.2) is 11.5 Å². The molecule has 1 aliphatic rings. The van der Waals surface area contributed by atoms with Crippen LogP contribution in [-0.2, 0) is 19.3 Å². The molecule has 4 nitrogen and oxygen atoms in total. The first kappa shape index (κ1) is 17.8. The summed E-state index contributed by atoms with van der Waals surface area (Å²) in [6.07, 6.45) is 4.20. The van der Waals surface area contributed by atoms with Crippen molar-refractivity contribution in [2.24, 2.45) is 5.92 Å². The molecule has 0 bridgehead atoms. The van der Waals surface area contributed by atoms with Crippen molar-refractivity contribution in [3.63, 3.8) is 0 Å². The van der Waals surface area contributed by atoms with Gasteiger partial charge in [0.25, 0.3) is 5.91 Å². The highest BCUT2D eigenvalue weighted by atomic mass is 32.1. The van der Waals surface area contributed by atoms with E-state index in [4.69, 9.17) is 9.47 Å². The van der Waals surface area contributed by atoms with E-state index in [0.29, 0.717) is 18.0 Å². The molecule has 0 unspecified atom stereocenters. The molecule has 1 aliphatic carbocycles. The fraction of sp³-hybridized carbons (Fsp3) is 0.450. The molecule has 134 valence electrons. The predicted molar refractivity (Wildman–Crippen MR) is 101 cm³/mol. The van der Waals surface area contributed by atoms with E-state index in [0.717, 1.165) is 35.6 Å². The topological polar surface area (TPSA) is 47.6 Å². The molecule has 0 aliphatic heterocycles. The summed E-state index contributed by atoms with van der Waals surface area (Å²) in [5.74, 6) is 2.19. The molecule has 1 N–H and O–H groups in total. The Bertz CT molecular complexity index is 753. The lowest BCUT2D eigenvalue weighted by Crippen LogP contribution is -2.24. The van der Waals surface area contributed by atoms with Crippen molar-refractivity contribution in [2.75, 3.05) is 20.8 Å². The fourth-order valence-corrected chi connectivity index (χ4v) is 4.39. The standard InChI is InChI=1S/C20H25NO3S/c1-13-4-7-18-15(10-13)12-19(25-18)20(22)21-9-8-14-5-6-16(23-2)17(11-14)24-3/h5-6,11-13H,4,7-10H2,1-3H3,(H,21,22)/t13-/m1/s1. The van der Waals surface area contributed by atoms with E-state index in [1.54, 1.807) is 25.6 Å². The highest BCUT2D eigenvalue weighted by molar-refractivity contribution is 7.14. The summed E-state index contributed by atoms with van der Waals surface area (Å²) in [5.41, 5.74) is 2.48. The highest BCUT2D eigenvalue weighted by Crippen LogP contribution is 2.32. The third-order valence-corrected chi connectivity index (χ3v) is 5.94. The Hall–Kier alpha value is -2.01. The summed E-state index contributed by atoms with van der Waals surface area (Å²) in [4.78, 5) is 14.6. The van der Waals surface area contributed by atoms with Crippen LogP contribution >= 0.6 is 11.3 Å². The molecule has 25 heavy (non-hydrogen) atoms. The minimum atomic E-state index is 0.0347. The van der Waals surface area contributed by atoms with E-state index in [9.17, 15) is 4.79 Å². The first-order chi connectivity index (χ1) is 12.1. The molecule has 5 heteroatoms. The van der Waals surface area contributed by atoms with Crippen molar-refractivity contribution in [1.82, 2.24) is 5.32 Å². The molecular formula is C20H25NO3S. The molecule has 0 spiro atoms. The summed E-state index contributed by atoms with van der Waals surface area (Å²) >= 11 is 1.65. The lowest BCUT2D eigenvalue weighted by Gasteiger charge is -2.16. The average molecular weight is 359 g/mol. The van der Waals surface area contributed by atoms with Crippen LogP contribution in [0.15, 0.2) is 24.3 Å². The summed E-state index contributed by atoms with van der Waals surface area (Å²) < 4.78 is 10.6. The van der Waals surface area contributed by atoms with E-state index >= 15 is 0 Å². The molecule has 0 saturated carbocycles. The Morgan fingerprint density at radius 3 is 2.80 bits per heavy atom. The number of fused-ring (bicyclic) bond motifs is 1. The minimum Gasteiger partial charge on any atom is -0.493 e. The van der Waals surface area contributed by atoms with Crippen LogP contribution in [0.4, 0.5) is 0 Å². The Balaban J connectivity index is 1.56. The first-order valence-corrected chi connectivity index (χ1v) is 9.53. The third-order valence-electron chi connectivity index (χ3n) is 4.70. The average Bonchev–Trinajstić information content (AvgIpc) is 3.04. The van der Waals surface area contributed by atoms with E-state index in [1.807, 2.05) is 18.2 Å². The van der Waals surface area contributed by atoms with Gasteiger partial charge in [-0.25, -0.2) is 0 Å². The normalized spacial score (nSPS) is 16.2. The molecule has 3 rings (SSSR count). The molecule has 1 aromatic heterocycles. The largest absolute Gasteiger partial charge is 0.493 e. The molecular weight excluding hydrogens is 334 g/mol. The van der Waals surface area contributed by atoms with Gasteiger partial charge in [-0.05, 0) is 60.9 Å². The van der Waals surface area contributed by atoms with Crippen LogP contribution in [-0.4, -0.2) is 26.7 Å². The number of thiophene rings is 1. The zero-order valence-corrected chi connectivity index (χ0v) is 15.9. The zero-order chi connectivity index (χ0) is 17.8. The molecule has 1 amide bonds. The van der Waals surface area contributed by atoms with Gasteiger partial charge in [-0.15, -0.1) is 11.3 Å². The van der Waals surface area contributed by atoms with E-state index in [-0.39, 0.29) is 5.91 Å². The molecule has 0 radical (unpaired) electrons. The number of hydrogen-bond donors (Lipinski definition) is 1. The number of amides is 1. The Labute approximate surface area is 153 Å². The lowest BCUT2D eigenvalue weighted by atomic mass is 9.90. The lowest BCUT2D eigenvalue weighted by molar-refractivity contribution is 0.0958.